The maximum atomic E-state index is 12.6. The second-order valence-electron chi connectivity index (χ2n) is 5.14. The molecule has 1 aromatic carbocycles. The molecule has 0 saturated carbocycles. The molecule has 0 atom stereocenters. The van der Waals surface area contributed by atoms with Gasteiger partial charge in [0.2, 0.25) is 0 Å². The predicted molar refractivity (Wildman–Crippen MR) is 84.5 cm³/mol. The van der Waals surface area contributed by atoms with Crippen molar-refractivity contribution < 1.29 is 9.21 Å². The molecule has 0 aliphatic heterocycles. The van der Waals surface area contributed by atoms with E-state index in [0.29, 0.717) is 12.1 Å². The van der Waals surface area contributed by atoms with Crippen LogP contribution in [0.3, 0.4) is 0 Å². The van der Waals surface area contributed by atoms with Crippen LogP contribution in [0.15, 0.2) is 41.0 Å². The van der Waals surface area contributed by atoms with E-state index in [0.717, 1.165) is 30.0 Å². The first-order valence-corrected chi connectivity index (χ1v) is 7.24. The van der Waals surface area contributed by atoms with E-state index in [1.54, 1.807) is 11.2 Å². The number of aryl methyl sites for hydroxylation is 1. The second kappa shape index (κ2) is 6.97. The van der Waals surface area contributed by atoms with Crippen molar-refractivity contribution in [3.05, 3.63) is 53.5 Å². The summed E-state index contributed by atoms with van der Waals surface area (Å²) in [4.78, 5) is 14.3. The summed E-state index contributed by atoms with van der Waals surface area (Å²) in [7, 11) is 1.81. The molecule has 0 spiro atoms. The molecule has 1 aromatic heterocycles. The van der Waals surface area contributed by atoms with Crippen molar-refractivity contribution in [2.24, 2.45) is 0 Å². The van der Waals surface area contributed by atoms with Crippen molar-refractivity contribution in [2.45, 2.75) is 26.8 Å². The molecule has 0 bridgehead atoms. The van der Waals surface area contributed by atoms with Gasteiger partial charge in [-0.3, -0.25) is 4.79 Å². The number of rotatable bonds is 6. The Morgan fingerprint density at radius 3 is 2.71 bits per heavy atom. The quantitative estimate of drug-likeness (QED) is 0.881. The van der Waals surface area contributed by atoms with Crippen LogP contribution >= 0.6 is 0 Å². The lowest BCUT2D eigenvalue weighted by atomic mass is 10.1. The molecular formula is C17H22N2O2. The number of nitrogens with one attached hydrogen (secondary N) is 1. The highest BCUT2D eigenvalue weighted by Gasteiger charge is 2.16. The SMILES string of the molecule is CCCNc1ccccc1C(=O)N(C)Cc1ccoc1C. The third kappa shape index (κ3) is 3.66. The lowest BCUT2D eigenvalue weighted by molar-refractivity contribution is 0.0785. The Morgan fingerprint density at radius 2 is 2.05 bits per heavy atom. The van der Waals surface area contributed by atoms with Crippen LogP contribution in [-0.2, 0) is 6.54 Å². The first kappa shape index (κ1) is 15.2. The van der Waals surface area contributed by atoms with Crippen LogP contribution in [-0.4, -0.2) is 24.4 Å². The van der Waals surface area contributed by atoms with Crippen LogP contribution in [0.1, 0.15) is 35.0 Å². The zero-order valence-electron chi connectivity index (χ0n) is 12.8. The highest BCUT2D eigenvalue weighted by Crippen LogP contribution is 2.19. The molecule has 1 heterocycles. The van der Waals surface area contributed by atoms with Crippen LogP contribution in [0.4, 0.5) is 5.69 Å². The summed E-state index contributed by atoms with van der Waals surface area (Å²) in [6.07, 6.45) is 2.67. The Morgan fingerprint density at radius 1 is 1.29 bits per heavy atom. The average Bonchev–Trinajstić information content (AvgIpc) is 2.90. The third-order valence-electron chi connectivity index (χ3n) is 3.44. The van der Waals surface area contributed by atoms with Crippen molar-refractivity contribution in [1.29, 1.82) is 0 Å². The summed E-state index contributed by atoms with van der Waals surface area (Å²) in [6, 6.07) is 9.54. The summed E-state index contributed by atoms with van der Waals surface area (Å²) < 4.78 is 5.28. The van der Waals surface area contributed by atoms with E-state index in [4.69, 9.17) is 4.42 Å². The molecule has 0 aliphatic carbocycles. The van der Waals surface area contributed by atoms with Crippen molar-refractivity contribution >= 4 is 11.6 Å². The summed E-state index contributed by atoms with van der Waals surface area (Å²) in [5, 5.41) is 3.30. The van der Waals surface area contributed by atoms with E-state index in [2.05, 4.69) is 12.2 Å². The van der Waals surface area contributed by atoms with Crippen LogP contribution in [0.5, 0.6) is 0 Å². The fourth-order valence-electron chi connectivity index (χ4n) is 2.19. The maximum Gasteiger partial charge on any atom is 0.255 e. The highest BCUT2D eigenvalue weighted by molar-refractivity contribution is 5.99. The maximum absolute atomic E-state index is 12.6. The Bertz CT molecular complexity index is 604. The molecule has 21 heavy (non-hydrogen) atoms. The Labute approximate surface area is 125 Å². The monoisotopic (exact) mass is 286 g/mol. The lowest BCUT2D eigenvalue weighted by Gasteiger charge is -2.19. The largest absolute Gasteiger partial charge is 0.469 e. The Kier molecular flexibility index (Phi) is 5.04. The summed E-state index contributed by atoms with van der Waals surface area (Å²) in [6.45, 7) is 5.41. The van der Waals surface area contributed by atoms with Gasteiger partial charge < -0.3 is 14.6 Å². The number of anilines is 1. The number of amides is 1. The molecule has 0 fully saturated rings. The van der Waals surface area contributed by atoms with Gasteiger partial charge in [-0.25, -0.2) is 0 Å². The smallest absolute Gasteiger partial charge is 0.255 e. The van der Waals surface area contributed by atoms with Crippen LogP contribution < -0.4 is 5.32 Å². The van der Waals surface area contributed by atoms with Crippen molar-refractivity contribution in [1.82, 2.24) is 4.90 Å². The fraction of sp³-hybridized carbons (Fsp3) is 0.353. The molecular weight excluding hydrogens is 264 g/mol. The molecule has 1 amide bonds. The molecule has 2 rings (SSSR count). The number of hydrogen-bond donors (Lipinski definition) is 1. The molecule has 112 valence electrons. The van der Waals surface area contributed by atoms with Gasteiger partial charge in [0.25, 0.3) is 5.91 Å². The van der Waals surface area contributed by atoms with Crippen LogP contribution in [0.25, 0.3) is 0 Å². The summed E-state index contributed by atoms with van der Waals surface area (Å²) in [5.74, 6) is 0.863. The van der Waals surface area contributed by atoms with Crippen molar-refractivity contribution in [2.75, 3.05) is 18.9 Å². The number of para-hydroxylation sites is 1. The molecule has 1 N–H and O–H groups in total. The molecule has 4 heteroatoms. The minimum absolute atomic E-state index is 0.00908. The van der Waals surface area contributed by atoms with Gasteiger partial charge in [0.05, 0.1) is 11.8 Å². The number of carbonyl (C=O) groups is 1. The summed E-state index contributed by atoms with van der Waals surface area (Å²) >= 11 is 0. The molecule has 0 radical (unpaired) electrons. The van der Waals surface area contributed by atoms with Crippen LogP contribution in [0, 0.1) is 6.92 Å². The van der Waals surface area contributed by atoms with Gasteiger partial charge in [-0.2, -0.15) is 0 Å². The van der Waals surface area contributed by atoms with E-state index in [-0.39, 0.29) is 5.91 Å². The highest BCUT2D eigenvalue weighted by atomic mass is 16.3. The number of hydrogen-bond acceptors (Lipinski definition) is 3. The number of nitrogens with zero attached hydrogens (tertiary/aromatic N) is 1. The molecule has 0 unspecified atom stereocenters. The van der Waals surface area contributed by atoms with Gasteiger partial charge in [0.15, 0.2) is 0 Å². The normalized spacial score (nSPS) is 10.4. The first-order valence-electron chi connectivity index (χ1n) is 7.24. The average molecular weight is 286 g/mol. The molecule has 0 saturated heterocycles. The topological polar surface area (TPSA) is 45.5 Å². The number of furan rings is 1. The van der Waals surface area contributed by atoms with Gasteiger partial charge >= 0.3 is 0 Å². The number of carbonyl (C=O) groups excluding carboxylic acids is 1. The molecule has 0 aliphatic rings. The van der Waals surface area contributed by atoms with Crippen LogP contribution in [0.2, 0.25) is 0 Å². The second-order valence-corrected chi connectivity index (χ2v) is 5.14. The van der Waals surface area contributed by atoms with E-state index in [1.807, 2.05) is 44.3 Å². The van der Waals surface area contributed by atoms with Gasteiger partial charge in [-0.1, -0.05) is 19.1 Å². The van der Waals surface area contributed by atoms with E-state index in [9.17, 15) is 4.79 Å². The van der Waals surface area contributed by atoms with E-state index < -0.39 is 0 Å². The van der Waals surface area contributed by atoms with Crippen molar-refractivity contribution in [3.63, 3.8) is 0 Å². The zero-order valence-corrected chi connectivity index (χ0v) is 12.8. The predicted octanol–water partition coefficient (Wildman–Crippen LogP) is 3.68. The van der Waals surface area contributed by atoms with E-state index >= 15 is 0 Å². The number of benzene rings is 1. The van der Waals surface area contributed by atoms with Gasteiger partial charge in [0.1, 0.15) is 5.76 Å². The van der Waals surface area contributed by atoms with Gasteiger partial charge in [-0.05, 0) is 31.5 Å². The fourth-order valence-corrected chi connectivity index (χ4v) is 2.19. The Balaban J connectivity index is 2.13. The van der Waals surface area contributed by atoms with E-state index in [1.165, 1.54) is 0 Å². The minimum atomic E-state index is 0.00908. The van der Waals surface area contributed by atoms with Crippen molar-refractivity contribution in [3.8, 4) is 0 Å². The van der Waals surface area contributed by atoms with Gasteiger partial charge in [0, 0.05) is 31.4 Å². The molecule has 4 nitrogen and oxygen atoms in total. The first-order chi connectivity index (χ1) is 10.1. The standard InChI is InChI=1S/C17H22N2O2/c1-4-10-18-16-8-6-5-7-15(16)17(20)19(3)12-14-9-11-21-13(14)2/h5-9,11,18H,4,10,12H2,1-3H3. The lowest BCUT2D eigenvalue weighted by Crippen LogP contribution is -2.27. The zero-order chi connectivity index (χ0) is 15.2. The minimum Gasteiger partial charge on any atom is -0.469 e. The third-order valence-corrected chi connectivity index (χ3v) is 3.44. The summed E-state index contributed by atoms with van der Waals surface area (Å²) in [5.41, 5.74) is 2.62. The Hall–Kier alpha value is -2.23. The van der Waals surface area contributed by atoms with Gasteiger partial charge in [-0.15, -0.1) is 0 Å². The molecule has 2 aromatic rings.